The SMILES string of the molecule is NC(=O)CN=C=O. The Morgan fingerprint density at radius 2 is 2.43 bits per heavy atom. The van der Waals surface area contributed by atoms with Crippen LogP contribution in [-0.2, 0) is 9.59 Å². The predicted octanol–water partition coefficient (Wildman–Crippen LogP) is -1.19. The largest absolute Gasteiger partial charge is 0.368 e. The molecule has 0 fully saturated rings. The zero-order valence-electron chi connectivity index (χ0n) is 3.55. The summed E-state index contributed by atoms with van der Waals surface area (Å²) in [7, 11) is 0. The van der Waals surface area contributed by atoms with Crippen LogP contribution in [0, 0.1) is 0 Å². The first-order valence-electron chi connectivity index (χ1n) is 1.59. The van der Waals surface area contributed by atoms with Crippen LogP contribution in [0.1, 0.15) is 0 Å². The quantitative estimate of drug-likeness (QED) is 0.350. The van der Waals surface area contributed by atoms with Gasteiger partial charge in [0.15, 0.2) is 0 Å². The number of hydrogen-bond donors (Lipinski definition) is 1. The number of amides is 1. The maximum atomic E-state index is 9.71. The maximum absolute atomic E-state index is 9.71. The van der Waals surface area contributed by atoms with E-state index in [2.05, 4.69) is 10.7 Å². The standard InChI is InChI=1S/C3H4N2O2/c4-3(7)1-5-2-6/h1H2,(H2,4,7). The van der Waals surface area contributed by atoms with Gasteiger partial charge in [-0.25, -0.2) is 4.79 Å². The fraction of sp³-hybridized carbons (Fsp3) is 0.333. The Hall–Kier alpha value is -1.15. The van der Waals surface area contributed by atoms with Crippen molar-refractivity contribution in [2.24, 2.45) is 10.7 Å². The second-order valence-corrected chi connectivity index (χ2v) is 0.874. The summed E-state index contributed by atoms with van der Waals surface area (Å²) >= 11 is 0. The summed E-state index contributed by atoms with van der Waals surface area (Å²) in [5.41, 5.74) is 4.57. The van der Waals surface area contributed by atoms with E-state index in [0.29, 0.717) is 0 Å². The second-order valence-electron chi connectivity index (χ2n) is 0.874. The van der Waals surface area contributed by atoms with Crippen LogP contribution in [0.4, 0.5) is 0 Å². The minimum atomic E-state index is -0.622. The van der Waals surface area contributed by atoms with Gasteiger partial charge >= 0.3 is 0 Å². The molecule has 0 saturated heterocycles. The van der Waals surface area contributed by atoms with Crippen molar-refractivity contribution >= 4 is 12.0 Å². The molecule has 4 heteroatoms. The van der Waals surface area contributed by atoms with E-state index in [9.17, 15) is 9.59 Å². The molecule has 2 N–H and O–H groups in total. The molecular weight excluding hydrogens is 96.0 g/mol. The number of isocyanates is 1. The average Bonchev–Trinajstić information content (AvgIpc) is 1.61. The smallest absolute Gasteiger partial charge is 0.240 e. The highest BCUT2D eigenvalue weighted by molar-refractivity contribution is 5.76. The van der Waals surface area contributed by atoms with Crippen LogP contribution < -0.4 is 5.73 Å². The summed E-state index contributed by atoms with van der Waals surface area (Å²) in [6.45, 7) is -0.260. The minimum absolute atomic E-state index is 0.260. The molecule has 0 bridgehead atoms. The van der Waals surface area contributed by atoms with Gasteiger partial charge in [0.2, 0.25) is 12.0 Å². The lowest BCUT2D eigenvalue weighted by Crippen LogP contribution is -2.13. The third-order valence-corrected chi connectivity index (χ3v) is 0.299. The zero-order valence-corrected chi connectivity index (χ0v) is 3.55. The summed E-state index contributed by atoms with van der Waals surface area (Å²) in [5, 5.41) is 0. The second kappa shape index (κ2) is 3.06. The molecule has 0 spiro atoms. The minimum Gasteiger partial charge on any atom is -0.368 e. The highest BCUT2D eigenvalue weighted by Crippen LogP contribution is 1.58. The number of carbonyl (C=O) groups excluding carboxylic acids is 2. The highest BCUT2D eigenvalue weighted by Gasteiger charge is 1.84. The molecule has 0 unspecified atom stereocenters. The van der Waals surface area contributed by atoms with Gasteiger partial charge in [-0.05, 0) is 0 Å². The molecule has 0 aliphatic heterocycles. The molecule has 0 aromatic rings. The average molecular weight is 100 g/mol. The Morgan fingerprint density at radius 1 is 1.86 bits per heavy atom. The van der Waals surface area contributed by atoms with Crippen molar-refractivity contribution < 1.29 is 9.59 Å². The van der Waals surface area contributed by atoms with E-state index in [1.807, 2.05) is 0 Å². The lowest BCUT2D eigenvalue weighted by molar-refractivity contribution is -0.116. The lowest BCUT2D eigenvalue weighted by Gasteiger charge is -1.75. The first-order valence-corrected chi connectivity index (χ1v) is 1.59. The Kier molecular flexibility index (Phi) is 2.55. The van der Waals surface area contributed by atoms with Crippen LogP contribution in [0.2, 0.25) is 0 Å². The van der Waals surface area contributed by atoms with Gasteiger partial charge in [-0.2, -0.15) is 4.99 Å². The number of rotatable bonds is 2. The van der Waals surface area contributed by atoms with Crippen molar-refractivity contribution in [3.63, 3.8) is 0 Å². The van der Waals surface area contributed by atoms with Crippen molar-refractivity contribution in [2.45, 2.75) is 0 Å². The van der Waals surface area contributed by atoms with E-state index in [0.717, 1.165) is 0 Å². The van der Waals surface area contributed by atoms with Gasteiger partial charge in [0.25, 0.3) is 0 Å². The highest BCUT2D eigenvalue weighted by atomic mass is 16.1. The molecule has 0 saturated carbocycles. The normalized spacial score (nSPS) is 6.86. The molecule has 0 atom stereocenters. The van der Waals surface area contributed by atoms with E-state index < -0.39 is 5.91 Å². The number of nitrogens with two attached hydrogens (primary N) is 1. The number of aliphatic imine (C=N–C) groups is 1. The third-order valence-electron chi connectivity index (χ3n) is 0.299. The monoisotopic (exact) mass is 100 g/mol. The summed E-state index contributed by atoms with van der Waals surface area (Å²) in [6.07, 6.45) is 1.17. The predicted molar refractivity (Wildman–Crippen MR) is 22.2 cm³/mol. The van der Waals surface area contributed by atoms with Gasteiger partial charge < -0.3 is 5.73 Å². The molecule has 1 amide bonds. The van der Waals surface area contributed by atoms with E-state index in [-0.39, 0.29) is 6.54 Å². The Bertz CT molecular complexity index is 114. The fourth-order valence-electron chi connectivity index (χ4n) is 0.110. The van der Waals surface area contributed by atoms with Crippen molar-refractivity contribution in [1.82, 2.24) is 0 Å². The fourth-order valence-corrected chi connectivity index (χ4v) is 0.110. The number of hydrogen-bond acceptors (Lipinski definition) is 3. The third kappa shape index (κ3) is 4.85. The molecule has 0 aliphatic carbocycles. The molecule has 0 radical (unpaired) electrons. The molecule has 0 rings (SSSR count). The van der Waals surface area contributed by atoms with Crippen molar-refractivity contribution in [3.05, 3.63) is 0 Å². The molecule has 0 aromatic carbocycles. The molecule has 4 nitrogen and oxygen atoms in total. The van der Waals surface area contributed by atoms with E-state index in [1.54, 1.807) is 0 Å². The Morgan fingerprint density at radius 3 is 2.57 bits per heavy atom. The molecule has 0 aromatic heterocycles. The van der Waals surface area contributed by atoms with Crippen LogP contribution in [0.15, 0.2) is 4.99 Å². The van der Waals surface area contributed by atoms with E-state index >= 15 is 0 Å². The van der Waals surface area contributed by atoms with Crippen LogP contribution in [0.5, 0.6) is 0 Å². The van der Waals surface area contributed by atoms with Gasteiger partial charge in [0.1, 0.15) is 6.54 Å². The van der Waals surface area contributed by atoms with Crippen LogP contribution in [0.3, 0.4) is 0 Å². The summed E-state index contributed by atoms with van der Waals surface area (Å²) in [4.78, 5) is 21.8. The van der Waals surface area contributed by atoms with Crippen LogP contribution in [-0.4, -0.2) is 18.5 Å². The molecule has 0 heterocycles. The topological polar surface area (TPSA) is 72.5 Å². The van der Waals surface area contributed by atoms with Gasteiger partial charge in [0, 0.05) is 0 Å². The number of nitrogens with zero attached hydrogens (tertiary/aromatic N) is 1. The number of carbonyl (C=O) groups is 1. The van der Waals surface area contributed by atoms with Gasteiger partial charge in [-0.3, -0.25) is 4.79 Å². The van der Waals surface area contributed by atoms with Gasteiger partial charge in [-0.15, -0.1) is 0 Å². The van der Waals surface area contributed by atoms with Crippen LogP contribution >= 0.6 is 0 Å². The van der Waals surface area contributed by atoms with Gasteiger partial charge in [0.05, 0.1) is 0 Å². The van der Waals surface area contributed by atoms with Crippen molar-refractivity contribution in [3.8, 4) is 0 Å². The molecule has 7 heavy (non-hydrogen) atoms. The van der Waals surface area contributed by atoms with Crippen LogP contribution in [0.25, 0.3) is 0 Å². The Labute approximate surface area is 40.0 Å². The lowest BCUT2D eigenvalue weighted by atomic mass is 10.6. The first-order chi connectivity index (χ1) is 3.27. The molecular formula is C3H4N2O2. The molecule has 38 valence electrons. The summed E-state index contributed by atoms with van der Waals surface area (Å²) in [5.74, 6) is -0.622. The zero-order chi connectivity index (χ0) is 5.70. The summed E-state index contributed by atoms with van der Waals surface area (Å²) in [6, 6.07) is 0. The summed E-state index contributed by atoms with van der Waals surface area (Å²) < 4.78 is 0. The maximum Gasteiger partial charge on any atom is 0.240 e. The number of primary amides is 1. The van der Waals surface area contributed by atoms with E-state index in [1.165, 1.54) is 6.08 Å². The van der Waals surface area contributed by atoms with Crippen molar-refractivity contribution in [1.29, 1.82) is 0 Å². The van der Waals surface area contributed by atoms with Crippen molar-refractivity contribution in [2.75, 3.05) is 6.54 Å². The first kappa shape index (κ1) is 5.85. The van der Waals surface area contributed by atoms with Gasteiger partial charge in [-0.1, -0.05) is 0 Å². The Balaban J connectivity index is 3.32. The van der Waals surface area contributed by atoms with E-state index in [4.69, 9.17) is 0 Å². The molecule has 0 aliphatic rings.